The second-order valence-corrected chi connectivity index (χ2v) is 5.40. The third kappa shape index (κ3) is 2.74. The van der Waals surface area contributed by atoms with E-state index in [1.54, 1.807) is 7.11 Å². The first-order chi connectivity index (χ1) is 10.2. The Kier molecular flexibility index (Phi) is 3.84. The summed E-state index contributed by atoms with van der Waals surface area (Å²) in [7, 11) is 3.54. The Morgan fingerprint density at radius 1 is 1.43 bits per heavy atom. The number of carbonyl (C=O) groups excluding carboxylic acids is 1. The maximum Gasteiger partial charge on any atom is 0.268 e. The van der Waals surface area contributed by atoms with Crippen molar-refractivity contribution in [2.75, 3.05) is 20.3 Å². The molecule has 0 spiro atoms. The molecule has 2 aromatic rings. The lowest BCUT2D eigenvalue weighted by atomic mass is 10.1. The van der Waals surface area contributed by atoms with Crippen LogP contribution in [0.2, 0.25) is 0 Å². The van der Waals surface area contributed by atoms with Crippen molar-refractivity contribution in [1.82, 2.24) is 9.88 Å². The molecule has 2 heterocycles. The number of ether oxygens (including phenoxy) is 2. The number of aryl methyl sites for hydroxylation is 1. The zero-order chi connectivity index (χ0) is 14.8. The summed E-state index contributed by atoms with van der Waals surface area (Å²) >= 11 is 0. The van der Waals surface area contributed by atoms with Gasteiger partial charge in [0.25, 0.3) is 5.91 Å². The Morgan fingerprint density at radius 2 is 2.29 bits per heavy atom. The van der Waals surface area contributed by atoms with Crippen LogP contribution in [0, 0.1) is 0 Å². The highest BCUT2D eigenvalue weighted by Gasteiger charge is 2.19. The first kappa shape index (κ1) is 13.9. The molecule has 5 nitrogen and oxygen atoms in total. The van der Waals surface area contributed by atoms with Crippen molar-refractivity contribution in [3.63, 3.8) is 0 Å². The summed E-state index contributed by atoms with van der Waals surface area (Å²) in [5.74, 6) is 0.736. The lowest BCUT2D eigenvalue weighted by Gasteiger charge is -2.23. The normalized spacial score (nSPS) is 18.7. The Hall–Kier alpha value is -2.01. The molecule has 112 valence electrons. The van der Waals surface area contributed by atoms with Crippen LogP contribution in [0.1, 0.15) is 23.3 Å². The fourth-order valence-corrected chi connectivity index (χ4v) is 2.77. The molecule has 1 atom stereocenters. The van der Waals surface area contributed by atoms with Gasteiger partial charge in [0.2, 0.25) is 0 Å². The van der Waals surface area contributed by atoms with Crippen molar-refractivity contribution in [1.29, 1.82) is 0 Å². The summed E-state index contributed by atoms with van der Waals surface area (Å²) in [6.07, 6.45) is 1.97. The molecule has 0 aliphatic carbocycles. The number of rotatable bonds is 3. The van der Waals surface area contributed by atoms with Gasteiger partial charge in [-0.3, -0.25) is 4.79 Å². The average molecular weight is 288 g/mol. The topological polar surface area (TPSA) is 52.5 Å². The minimum absolute atomic E-state index is 0.0526. The lowest BCUT2D eigenvalue weighted by molar-refractivity contribution is 0.0620. The first-order valence-electron chi connectivity index (χ1n) is 7.21. The molecule has 1 saturated heterocycles. The third-order valence-corrected chi connectivity index (χ3v) is 3.98. The summed E-state index contributed by atoms with van der Waals surface area (Å²) in [4.78, 5) is 12.4. The molecule has 1 aliphatic heterocycles. The SMILES string of the molecule is COc1ccc2cc(C(=O)NC3CCCOC3)n(C)c2c1. The highest BCUT2D eigenvalue weighted by atomic mass is 16.5. The van der Waals surface area contributed by atoms with Crippen LogP contribution in [0.15, 0.2) is 24.3 Å². The van der Waals surface area contributed by atoms with E-state index < -0.39 is 0 Å². The van der Waals surface area contributed by atoms with Gasteiger partial charge in [0, 0.05) is 25.1 Å². The maximum absolute atomic E-state index is 12.4. The highest BCUT2D eigenvalue weighted by molar-refractivity contribution is 5.99. The number of fused-ring (bicyclic) bond motifs is 1. The van der Waals surface area contributed by atoms with Gasteiger partial charge in [-0.2, -0.15) is 0 Å². The minimum Gasteiger partial charge on any atom is -0.497 e. The summed E-state index contributed by atoms with van der Waals surface area (Å²) in [6.45, 7) is 1.39. The van der Waals surface area contributed by atoms with Gasteiger partial charge in [0.1, 0.15) is 11.4 Å². The van der Waals surface area contributed by atoms with Gasteiger partial charge in [0.15, 0.2) is 0 Å². The van der Waals surface area contributed by atoms with Crippen LogP contribution in [-0.4, -0.2) is 36.8 Å². The lowest BCUT2D eigenvalue weighted by Crippen LogP contribution is -2.41. The van der Waals surface area contributed by atoms with E-state index in [0.29, 0.717) is 12.3 Å². The molecule has 5 heteroatoms. The molecule has 1 aromatic heterocycles. The zero-order valence-corrected chi connectivity index (χ0v) is 12.4. The van der Waals surface area contributed by atoms with Gasteiger partial charge in [-0.1, -0.05) is 0 Å². The Labute approximate surface area is 123 Å². The fourth-order valence-electron chi connectivity index (χ4n) is 2.77. The molecule has 3 rings (SSSR count). The van der Waals surface area contributed by atoms with E-state index >= 15 is 0 Å². The van der Waals surface area contributed by atoms with Crippen LogP contribution in [0.4, 0.5) is 0 Å². The number of hydrogen-bond donors (Lipinski definition) is 1. The Bertz CT molecular complexity index is 657. The Balaban J connectivity index is 1.85. The van der Waals surface area contributed by atoms with Gasteiger partial charge in [-0.25, -0.2) is 0 Å². The van der Waals surface area contributed by atoms with E-state index in [-0.39, 0.29) is 11.9 Å². The molecule has 1 amide bonds. The molecular formula is C16H20N2O3. The quantitative estimate of drug-likeness (QED) is 0.941. The van der Waals surface area contributed by atoms with Gasteiger partial charge >= 0.3 is 0 Å². The number of aromatic nitrogens is 1. The number of benzene rings is 1. The number of hydrogen-bond acceptors (Lipinski definition) is 3. The average Bonchev–Trinajstić information content (AvgIpc) is 2.85. The molecule has 1 fully saturated rings. The van der Waals surface area contributed by atoms with Crippen LogP contribution in [-0.2, 0) is 11.8 Å². The summed E-state index contributed by atoms with van der Waals surface area (Å²) in [5, 5.41) is 4.08. The number of amides is 1. The molecule has 1 unspecified atom stereocenters. The van der Waals surface area contributed by atoms with Crippen molar-refractivity contribution in [3.05, 3.63) is 30.0 Å². The van der Waals surface area contributed by atoms with Crippen molar-refractivity contribution in [3.8, 4) is 5.75 Å². The molecule has 0 bridgehead atoms. The van der Waals surface area contributed by atoms with Gasteiger partial charge in [0.05, 0.1) is 25.3 Å². The fraction of sp³-hybridized carbons (Fsp3) is 0.438. The van der Waals surface area contributed by atoms with Crippen molar-refractivity contribution >= 4 is 16.8 Å². The van der Waals surface area contributed by atoms with Crippen molar-refractivity contribution in [2.24, 2.45) is 7.05 Å². The monoisotopic (exact) mass is 288 g/mol. The molecule has 0 radical (unpaired) electrons. The van der Waals surface area contributed by atoms with E-state index in [2.05, 4.69) is 5.32 Å². The first-order valence-corrected chi connectivity index (χ1v) is 7.21. The maximum atomic E-state index is 12.4. The summed E-state index contributed by atoms with van der Waals surface area (Å²) < 4.78 is 12.5. The van der Waals surface area contributed by atoms with Crippen molar-refractivity contribution < 1.29 is 14.3 Å². The standard InChI is InChI=1S/C16H20N2O3/c1-18-14-9-13(20-2)6-5-11(14)8-15(18)16(19)17-12-4-3-7-21-10-12/h5-6,8-9,12H,3-4,7,10H2,1-2H3,(H,17,19). The van der Waals surface area contributed by atoms with Gasteiger partial charge in [-0.05, 0) is 31.0 Å². The predicted octanol–water partition coefficient (Wildman–Crippen LogP) is 2.10. The van der Waals surface area contributed by atoms with Gasteiger partial charge < -0.3 is 19.4 Å². The largest absolute Gasteiger partial charge is 0.497 e. The zero-order valence-electron chi connectivity index (χ0n) is 12.4. The Morgan fingerprint density at radius 3 is 3.00 bits per heavy atom. The van der Waals surface area contributed by atoms with Crippen molar-refractivity contribution in [2.45, 2.75) is 18.9 Å². The molecule has 1 aromatic carbocycles. The van der Waals surface area contributed by atoms with Crippen LogP contribution in [0.25, 0.3) is 10.9 Å². The minimum atomic E-state index is -0.0526. The number of nitrogens with one attached hydrogen (secondary N) is 1. The van der Waals surface area contributed by atoms with E-state index in [0.717, 1.165) is 36.1 Å². The predicted molar refractivity (Wildman–Crippen MR) is 80.8 cm³/mol. The van der Waals surface area contributed by atoms with Crippen LogP contribution in [0.3, 0.4) is 0 Å². The number of carbonyl (C=O) groups is 1. The molecule has 1 aliphatic rings. The molecular weight excluding hydrogens is 268 g/mol. The summed E-state index contributed by atoms with van der Waals surface area (Å²) in [5.41, 5.74) is 1.64. The van der Waals surface area contributed by atoms with Crippen LogP contribution in [0.5, 0.6) is 5.75 Å². The van der Waals surface area contributed by atoms with Crippen LogP contribution < -0.4 is 10.1 Å². The van der Waals surface area contributed by atoms with E-state index in [9.17, 15) is 4.79 Å². The molecule has 21 heavy (non-hydrogen) atoms. The molecule has 0 saturated carbocycles. The van der Waals surface area contributed by atoms with Gasteiger partial charge in [-0.15, -0.1) is 0 Å². The van der Waals surface area contributed by atoms with Crippen LogP contribution >= 0.6 is 0 Å². The number of nitrogens with zero attached hydrogens (tertiary/aromatic N) is 1. The third-order valence-electron chi connectivity index (χ3n) is 3.98. The smallest absolute Gasteiger partial charge is 0.268 e. The highest BCUT2D eigenvalue weighted by Crippen LogP contribution is 2.24. The second kappa shape index (κ2) is 5.77. The van der Waals surface area contributed by atoms with E-state index in [1.165, 1.54) is 0 Å². The summed E-state index contributed by atoms with van der Waals surface area (Å²) in [6, 6.07) is 7.83. The number of methoxy groups -OCH3 is 1. The van der Waals surface area contributed by atoms with E-state index in [1.807, 2.05) is 35.9 Å². The second-order valence-electron chi connectivity index (χ2n) is 5.40. The van der Waals surface area contributed by atoms with E-state index in [4.69, 9.17) is 9.47 Å². The molecule has 1 N–H and O–H groups in total.